The summed E-state index contributed by atoms with van der Waals surface area (Å²) in [6, 6.07) is 8.55. The van der Waals surface area contributed by atoms with Crippen LogP contribution in [0.5, 0.6) is 0 Å². The number of ether oxygens (including phenoxy) is 1. The third-order valence-electron chi connectivity index (χ3n) is 3.84. The van der Waals surface area contributed by atoms with Crippen LogP contribution in [0.4, 0.5) is 0 Å². The second-order valence-electron chi connectivity index (χ2n) is 5.17. The van der Waals surface area contributed by atoms with Crippen molar-refractivity contribution in [1.29, 1.82) is 0 Å². The van der Waals surface area contributed by atoms with E-state index < -0.39 is 17.3 Å². The molecule has 1 aromatic carbocycles. The zero-order valence-corrected chi connectivity index (χ0v) is 12.6. The first kappa shape index (κ1) is 15.9. The van der Waals surface area contributed by atoms with Crippen LogP contribution >= 0.6 is 0 Å². The number of allylic oxidation sites excluding steroid dienone is 1. The van der Waals surface area contributed by atoms with E-state index in [9.17, 15) is 14.4 Å². The lowest BCUT2D eigenvalue weighted by atomic mass is 9.83. The van der Waals surface area contributed by atoms with E-state index in [2.05, 4.69) is 6.58 Å². The summed E-state index contributed by atoms with van der Waals surface area (Å²) in [4.78, 5) is 38.5. The van der Waals surface area contributed by atoms with Crippen LogP contribution in [-0.4, -0.2) is 35.8 Å². The molecule has 0 radical (unpaired) electrons. The van der Waals surface area contributed by atoms with Crippen molar-refractivity contribution in [3.63, 3.8) is 0 Å². The molecule has 1 unspecified atom stereocenters. The van der Waals surface area contributed by atoms with Crippen molar-refractivity contribution < 1.29 is 19.1 Å². The SMILES string of the molecule is C=CCC1(C(=O)OCC)CCN(C(=O)c2ccccc2)C1=O. The summed E-state index contributed by atoms with van der Waals surface area (Å²) < 4.78 is 5.04. The van der Waals surface area contributed by atoms with Crippen LogP contribution in [0, 0.1) is 5.41 Å². The number of carbonyl (C=O) groups is 3. The molecule has 1 aliphatic rings. The molecular formula is C17H19NO4. The zero-order valence-electron chi connectivity index (χ0n) is 12.6. The first-order valence-electron chi connectivity index (χ1n) is 7.26. The standard InChI is InChI=1S/C17H19NO4/c1-3-10-17(16(21)22-4-2)11-12-18(15(17)20)14(19)13-8-6-5-7-9-13/h3,5-9H,1,4,10-12H2,2H3. The van der Waals surface area contributed by atoms with E-state index in [4.69, 9.17) is 4.74 Å². The van der Waals surface area contributed by atoms with Gasteiger partial charge in [-0.05, 0) is 31.9 Å². The maximum atomic E-state index is 12.7. The van der Waals surface area contributed by atoms with Gasteiger partial charge in [-0.3, -0.25) is 19.3 Å². The number of carbonyl (C=O) groups excluding carboxylic acids is 3. The Hall–Kier alpha value is -2.43. The number of imide groups is 1. The van der Waals surface area contributed by atoms with Crippen molar-refractivity contribution in [2.24, 2.45) is 5.41 Å². The fraction of sp³-hybridized carbons (Fsp3) is 0.353. The minimum atomic E-state index is -1.32. The third-order valence-corrected chi connectivity index (χ3v) is 3.84. The predicted molar refractivity (Wildman–Crippen MR) is 81.0 cm³/mol. The zero-order chi connectivity index (χ0) is 16.2. The molecule has 0 N–H and O–H groups in total. The van der Waals surface area contributed by atoms with Gasteiger partial charge in [0, 0.05) is 12.1 Å². The molecule has 1 heterocycles. The second-order valence-corrected chi connectivity index (χ2v) is 5.17. The fourth-order valence-corrected chi connectivity index (χ4v) is 2.68. The Morgan fingerprint density at radius 2 is 2.05 bits per heavy atom. The van der Waals surface area contributed by atoms with Crippen LogP contribution in [0.15, 0.2) is 43.0 Å². The maximum absolute atomic E-state index is 12.7. The Morgan fingerprint density at radius 3 is 2.64 bits per heavy atom. The predicted octanol–water partition coefficient (Wildman–Crippen LogP) is 2.18. The molecule has 1 aromatic rings. The number of rotatable bonds is 5. The molecule has 1 atom stereocenters. The molecule has 1 saturated heterocycles. The van der Waals surface area contributed by atoms with Crippen LogP contribution in [0.2, 0.25) is 0 Å². The second kappa shape index (κ2) is 6.56. The number of hydrogen-bond donors (Lipinski definition) is 0. The highest BCUT2D eigenvalue weighted by Gasteiger charge is 2.54. The topological polar surface area (TPSA) is 63.7 Å². The van der Waals surface area contributed by atoms with Gasteiger partial charge in [-0.2, -0.15) is 0 Å². The van der Waals surface area contributed by atoms with Crippen molar-refractivity contribution in [3.8, 4) is 0 Å². The Balaban J connectivity index is 2.28. The lowest BCUT2D eigenvalue weighted by molar-refractivity contribution is -0.160. The van der Waals surface area contributed by atoms with Crippen molar-refractivity contribution in [1.82, 2.24) is 4.90 Å². The molecule has 5 nitrogen and oxygen atoms in total. The Labute approximate surface area is 129 Å². The van der Waals surface area contributed by atoms with E-state index in [-0.39, 0.29) is 31.9 Å². The van der Waals surface area contributed by atoms with Crippen molar-refractivity contribution in [3.05, 3.63) is 48.6 Å². The summed E-state index contributed by atoms with van der Waals surface area (Å²) in [5, 5.41) is 0. The molecule has 1 fully saturated rings. The van der Waals surface area contributed by atoms with Gasteiger partial charge in [-0.1, -0.05) is 24.3 Å². The van der Waals surface area contributed by atoms with Gasteiger partial charge in [0.2, 0.25) is 5.91 Å². The average molecular weight is 301 g/mol. The molecule has 0 aliphatic carbocycles. The van der Waals surface area contributed by atoms with Gasteiger partial charge < -0.3 is 4.74 Å². The summed E-state index contributed by atoms with van der Waals surface area (Å²) >= 11 is 0. The molecule has 116 valence electrons. The number of hydrogen-bond acceptors (Lipinski definition) is 4. The van der Waals surface area contributed by atoms with E-state index >= 15 is 0 Å². The fourth-order valence-electron chi connectivity index (χ4n) is 2.68. The molecule has 2 amide bonds. The molecule has 0 aromatic heterocycles. The molecule has 1 aliphatic heterocycles. The molecule has 5 heteroatoms. The monoisotopic (exact) mass is 301 g/mol. The van der Waals surface area contributed by atoms with E-state index in [0.29, 0.717) is 5.56 Å². The number of likely N-dealkylation sites (tertiary alicyclic amines) is 1. The molecular weight excluding hydrogens is 282 g/mol. The number of esters is 1. The largest absolute Gasteiger partial charge is 0.465 e. The van der Waals surface area contributed by atoms with Gasteiger partial charge in [0.25, 0.3) is 5.91 Å². The molecule has 0 bridgehead atoms. The van der Waals surface area contributed by atoms with Crippen LogP contribution in [0.1, 0.15) is 30.1 Å². The highest BCUT2D eigenvalue weighted by atomic mass is 16.5. The van der Waals surface area contributed by atoms with Gasteiger partial charge in [-0.25, -0.2) is 0 Å². The summed E-state index contributed by atoms with van der Waals surface area (Å²) in [5.74, 6) is -1.47. The molecule has 22 heavy (non-hydrogen) atoms. The Bertz CT molecular complexity index is 596. The highest BCUT2D eigenvalue weighted by molar-refractivity contribution is 6.14. The van der Waals surface area contributed by atoms with E-state index in [0.717, 1.165) is 4.90 Å². The van der Waals surface area contributed by atoms with E-state index in [1.54, 1.807) is 37.3 Å². The summed E-state index contributed by atoms with van der Waals surface area (Å²) in [7, 11) is 0. The Morgan fingerprint density at radius 1 is 1.36 bits per heavy atom. The van der Waals surface area contributed by atoms with Crippen LogP contribution in [0.25, 0.3) is 0 Å². The molecule has 0 spiro atoms. The first-order chi connectivity index (χ1) is 10.6. The summed E-state index contributed by atoms with van der Waals surface area (Å²) in [5.41, 5.74) is -0.892. The van der Waals surface area contributed by atoms with Crippen molar-refractivity contribution >= 4 is 17.8 Å². The van der Waals surface area contributed by atoms with Crippen molar-refractivity contribution in [2.75, 3.05) is 13.2 Å². The average Bonchev–Trinajstić information content (AvgIpc) is 2.86. The molecule has 0 saturated carbocycles. The summed E-state index contributed by atoms with van der Waals surface area (Å²) in [6.45, 7) is 5.70. The number of amides is 2. The van der Waals surface area contributed by atoms with Crippen molar-refractivity contribution in [2.45, 2.75) is 19.8 Å². The highest BCUT2D eigenvalue weighted by Crippen LogP contribution is 2.38. The van der Waals surface area contributed by atoms with Gasteiger partial charge in [0.1, 0.15) is 0 Å². The van der Waals surface area contributed by atoms with E-state index in [1.165, 1.54) is 6.08 Å². The Kier molecular flexibility index (Phi) is 4.75. The summed E-state index contributed by atoms with van der Waals surface area (Å²) in [6.07, 6.45) is 1.95. The van der Waals surface area contributed by atoms with E-state index in [1.807, 2.05) is 0 Å². The van der Waals surface area contributed by atoms with Crippen LogP contribution < -0.4 is 0 Å². The first-order valence-corrected chi connectivity index (χ1v) is 7.26. The van der Waals surface area contributed by atoms with Gasteiger partial charge in [-0.15, -0.1) is 6.58 Å². The minimum absolute atomic E-state index is 0.170. The molecule has 2 rings (SSSR count). The maximum Gasteiger partial charge on any atom is 0.322 e. The van der Waals surface area contributed by atoms with Gasteiger partial charge in [0.15, 0.2) is 5.41 Å². The lowest BCUT2D eigenvalue weighted by Gasteiger charge is -2.23. The smallest absolute Gasteiger partial charge is 0.322 e. The lowest BCUT2D eigenvalue weighted by Crippen LogP contribution is -2.43. The number of benzene rings is 1. The minimum Gasteiger partial charge on any atom is -0.465 e. The number of nitrogens with zero attached hydrogens (tertiary/aromatic N) is 1. The third kappa shape index (κ3) is 2.66. The normalized spacial score (nSPS) is 20.8. The van der Waals surface area contributed by atoms with Gasteiger partial charge >= 0.3 is 5.97 Å². The quantitative estimate of drug-likeness (QED) is 0.362. The van der Waals surface area contributed by atoms with Crippen LogP contribution in [-0.2, 0) is 14.3 Å². The van der Waals surface area contributed by atoms with Crippen LogP contribution in [0.3, 0.4) is 0 Å². The van der Waals surface area contributed by atoms with Gasteiger partial charge in [0.05, 0.1) is 6.61 Å².